The molecule has 6 nitrogen and oxygen atoms in total. The first-order chi connectivity index (χ1) is 14.4. The van der Waals surface area contributed by atoms with Crippen LogP contribution in [0.4, 0.5) is 11.4 Å². The van der Waals surface area contributed by atoms with Crippen LogP contribution in [-0.2, 0) is 0 Å². The second kappa shape index (κ2) is 9.71. The second-order valence-corrected chi connectivity index (χ2v) is 7.10. The van der Waals surface area contributed by atoms with E-state index in [2.05, 4.69) is 15.8 Å². The highest BCUT2D eigenvalue weighted by Crippen LogP contribution is 2.17. The van der Waals surface area contributed by atoms with Gasteiger partial charge in [-0.05, 0) is 54.1 Å². The van der Waals surface area contributed by atoms with Crippen LogP contribution in [0.1, 0.15) is 26.3 Å². The Kier molecular flexibility index (Phi) is 6.83. The van der Waals surface area contributed by atoms with E-state index in [1.165, 1.54) is 0 Å². The zero-order valence-corrected chi connectivity index (χ0v) is 17.4. The third-order valence-electron chi connectivity index (χ3n) is 4.31. The van der Waals surface area contributed by atoms with E-state index in [9.17, 15) is 9.59 Å². The fourth-order valence-corrected chi connectivity index (χ4v) is 2.86. The molecule has 0 spiro atoms. The van der Waals surface area contributed by atoms with Crippen LogP contribution in [0.3, 0.4) is 0 Å². The van der Waals surface area contributed by atoms with Crippen LogP contribution < -0.4 is 15.6 Å². The van der Waals surface area contributed by atoms with Crippen molar-refractivity contribution in [3.05, 3.63) is 94.5 Å². The molecule has 0 heterocycles. The van der Waals surface area contributed by atoms with E-state index in [1.807, 2.05) is 43.3 Å². The Morgan fingerprint density at radius 1 is 0.900 bits per heavy atom. The Balaban J connectivity index is 1.57. The highest BCUT2D eigenvalue weighted by atomic mass is 35.5. The van der Waals surface area contributed by atoms with E-state index in [0.29, 0.717) is 21.8 Å². The molecular weight excluding hydrogens is 400 g/mol. The van der Waals surface area contributed by atoms with Gasteiger partial charge in [-0.15, -0.1) is 0 Å². The summed E-state index contributed by atoms with van der Waals surface area (Å²) in [6, 6.07) is 21.1. The summed E-state index contributed by atoms with van der Waals surface area (Å²) in [4.78, 5) is 26.5. The number of anilines is 2. The van der Waals surface area contributed by atoms with Crippen molar-refractivity contribution < 1.29 is 9.59 Å². The molecule has 0 saturated heterocycles. The summed E-state index contributed by atoms with van der Waals surface area (Å²) in [5.74, 6) is -0.664. The number of nitrogens with zero attached hydrogens (tertiary/aromatic N) is 2. The van der Waals surface area contributed by atoms with E-state index in [1.54, 1.807) is 54.7 Å². The lowest BCUT2D eigenvalue weighted by Gasteiger charge is -2.11. The van der Waals surface area contributed by atoms with Crippen LogP contribution in [0.25, 0.3) is 0 Å². The van der Waals surface area contributed by atoms with Gasteiger partial charge in [0.1, 0.15) is 0 Å². The molecule has 0 unspecified atom stereocenters. The molecule has 0 bridgehead atoms. The fourth-order valence-electron chi connectivity index (χ4n) is 2.64. The zero-order valence-electron chi connectivity index (χ0n) is 16.6. The molecule has 3 aromatic carbocycles. The van der Waals surface area contributed by atoms with Gasteiger partial charge in [-0.3, -0.25) is 9.59 Å². The summed E-state index contributed by atoms with van der Waals surface area (Å²) in [6.07, 6.45) is 1.58. The van der Waals surface area contributed by atoms with Gasteiger partial charge in [0.15, 0.2) is 0 Å². The lowest BCUT2D eigenvalue weighted by Crippen LogP contribution is -2.18. The Labute approximate surface area is 180 Å². The molecule has 3 rings (SSSR count). The fraction of sp³-hybridized carbons (Fsp3) is 0.0870. The number of hydrogen-bond acceptors (Lipinski definition) is 4. The van der Waals surface area contributed by atoms with Gasteiger partial charge in [0.05, 0.1) is 16.8 Å². The number of hydrazone groups is 1. The molecule has 3 aromatic rings. The predicted molar refractivity (Wildman–Crippen MR) is 122 cm³/mol. The Hall–Kier alpha value is -3.64. The Morgan fingerprint density at radius 2 is 1.57 bits per heavy atom. The highest BCUT2D eigenvalue weighted by Gasteiger charge is 2.10. The lowest BCUT2D eigenvalue weighted by molar-refractivity contribution is 0.0954. The minimum atomic E-state index is -0.347. The normalized spacial score (nSPS) is 10.6. The van der Waals surface area contributed by atoms with Crippen molar-refractivity contribution >= 4 is 41.0 Å². The molecule has 0 aromatic heterocycles. The average Bonchev–Trinajstić information content (AvgIpc) is 2.74. The number of nitrogens with one attached hydrogen (secondary N) is 2. The summed E-state index contributed by atoms with van der Waals surface area (Å²) in [5, 5.41) is 7.12. The second-order valence-electron chi connectivity index (χ2n) is 6.70. The molecule has 0 atom stereocenters. The SMILES string of the molecule is CN(C)c1ccc(C=NNC(=O)c2ccc(NC(=O)c3ccccc3Cl)cc2)cc1. The Morgan fingerprint density at radius 3 is 2.20 bits per heavy atom. The third kappa shape index (κ3) is 5.46. The number of carbonyl (C=O) groups excluding carboxylic acids is 2. The molecule has 0 aliphatic carbocycles. The highest BCUT2D eigenvalue weighted by molar-refractivity contribution is 6.34. The topological polar surface area (TPSA) is 73.8 Å². The zero-order chi connectivity index (χ0) is 21.5. The molecule has 0 fully saturated rings. The molecule has 7 heteroatoms. The number of halogens is 1. The third-order valence-corrected chi connectivity index (χ3v) is 4.64. The maximum atomic E-state index is 12.3. The van der Waals surface area contributed by atoms with E-state index < -0.39 is 0 Å². The van der Waals surface area contributed by atoms with Gasteiger partial charge in [0, 0.05) is 31.0 Å². The minimum Gasteiger partial charge on any atom is -0.378 e. The van der Waals surface area contributed by atoms with E-state index in [4.69, 9.17) is 11.6 Å². The number of benzene rings is 3. The van der Waals surface area contributed by atoms with Crippen molar-refractivity contribution in [2.75, 3.05) is 24.3 Å². The van der Waals surface area contributed by atoms with E-state index in [0.717, 1.165) is 11.3 Å². The Bertz CT molecular complexity index is 1060. The largest absolute Gasteiger partial charge is 0.378 e. The first-order valence-electron chi connectivity index (χ1n) is 9.21. The predicted octanol–water partition coefficient (Wildman–Crippen LogP) is 4.42. The molecule has 0 aliphatic heterocycles. The first-order valence-corrected chi connectivity index (χ1v) is 9.58. The molecule has 30 heavy (non-hydrogen) atoms. The van der Waals surface area contributed by atoms with Crippen LogP contribution in [0.5, 0.6) is 0 Å². The van der Waals surface area contributed by atoms with Crippen molar-refractivity contribution in [2.24, 2.45) is 5.10 Å². The first kappa shape index (κ1) is 21.1. The van der Waals surface area contributed by atoms with Crippen molar-refractivity contribution in [2.45, 2.75) is 0 Å². The van der Waals surface area contributed by atoms with E-state index in [-0.39, 0.29) is 11.8 Å². The van der Waals surface area contributed by atoms with Gasteiger partial charge in [-0.25, -0.2) is 5.43 Å². The molecule has 0 saturated carbocycles. The van der Waals surface area contributed by atoms with Crippen molar-refractivity contribution in [1.82, 2.24) is 5.43 Å². The summed E-state index contributed by atoms with van der Waals surface area (Å²) in [5.41, 5.74) is 5.81. The van der Waals surface area contributed by atoms with E-state index >= 15 is 0 Å². The monoisotopic (exact) mass is 420 g/mol. The van der Waals surface area contributed by atoms with Gasteiger partial charge < -0.3 is 10.2 Å². The quantitative estimate of drug-likeness (QED) is 0.458. The standard InChI is InChI=1S/C23H21ClN4O2/c1-28(2)19-13-7-16(8-14-19)15-25-27-22(29)17-9-11-18(12-10-17)26-23(30)20-5-3-4-6-21(20)24/h3-15H,1-2H3,(H,26,30)(H,27,29). The molecular formula is C23H21ClN4O2. The molecule has 0 aliphatic rings. The maximum absolute atomic E-state index is 12.3. The lowest BCUT2D eigenvalue weighted by atomic mass is 10.1. The molecule has 152 valence electrons. The van der Waals surface area contributed by atoms with Crippen LogP contribution in [0, 0.1) is 0 Å². The van der Waals surface area contributed by atoms with Crippen LogP contribution in [-0.4, -0.2) is 32.1 Å². The summed E-state index contributed by atoms with van der Waals surface area (Å²) < 4.78 is 0. The summed E-state index contributed by atoms with van der Waals surface area (Å²) in [7, 11) is 3.94. The molecule has 2 amide bonds. The number of rotatable bonds is 6. The van der Waals surface area contributed by atoms with Crippen LogP contribution >= 0.6 is 11.6 Å². The summed E-state index contributed by atoms with van der Waals surface area (Å²) >= 11 is 6.04. The van der Waals surface area contributed by atoms with Crippen LogP contribution in [0.2, 0.25) is 5.02 Å². The molecule has 0 radical (unpaired) electrons. The average molecular weight is 421 g/mol. The van der Waals surface area contributed by atoms with Crippen LogP contribution in [0.15, 0.2) is 77.9 Å². The van der Waals surface area contributed by atoms with Gasteiger partial charge in [0.2, 0.25) is 0 Å². The van der Waals surface area contributed by atoms with Gasteiger partial charge >= 0.3 is 0 Å². The molecule has 2 N–H and O–H groups in total. The number of carbonyl (C=O) groups is 2. The van der Waals surface area contributed by atoms with Crippen molar-refractivity contribution in [3.8, 4) is 0 Å². The van der Waals surface area contributed by atoms with Gasteiger partial charge in [0.25, 0.3) is 11.8 Å². The van der Waals surface area contributed by atoms with Gasteiger partial charge in [-0.2, -0.15) is 5.10 Å². The minimum absolute atomic E-state index is 0.317. The summed E-state index contributed by atoms with van der Waals surface area (Å²) in [6.45, 7) is 0. The number of hydrogen-bond donors (Lipinski definition) is 2. The smallest absolute Gasteiger partial charge is 0.271 e. The van der Waals surface area contributed by atoms with Gasteiger partial charge in [-0.1, -0.05) is 35.9 Å². The van der Waals surface area contributed by atoms with Crippen molar-refractivity contribution in [1.29, 1.82) is 0 Å². The number of amides is 2. The van der Waals surface area contributed by atoms with Crippen molar-refractivity contribution in [3.63, 3.8) is 0 Å². The maximum Gasteiger partial charge on any atom is 0.271 e.